The van der Waals surface area contributed by atoms with E-state index in [0.29, 0.717) is 5.56 Å². The minimum absolute atomic E-state index is 0.0490. The Morgan fingerprint density at radius 2 is 2.00 bits per heavy atom. The second kappa shape index (κ2) is 5.11. The van der Waals surface area contributed by atoms with E-state index in [2.05, 4.69) is 0 Å². The maximum Gasteiger partial charge on any atom is 0.106 e. The second-order valence-electron chi connectivity index (χ2n) is 3.74. The van der Waals surface area contributed by atoms with Crippen molar-refractivity contribution in [3.05, 3.63) is 29.8 Å². The molecule has 4 nitrogen and oxygen atoms in total. The van der Waals surface area contributed by atoms with Gasteiger partial charge in [0.1, 0.15) is 6.10 Å². The highest BCUT2D eigenvalue weighted by Gasteiger charge is 2.16. The van der Waals surface area contributed by atoms with Gasteiger partial charge < -0.3 is 20.8 Å². The van der Waals surface area contributed by atoms with Crippen molar-refractivity contribution in [2.45, 2.75) is 12.2 Å². The molecule has 0 bridgehead atoms. The first-order valence-corrected chi connectivity index (χ1v) is 4.89. The average molecular weight is 210 g/mol. The van der Waals surface area contributed by atoms with E-state index >= 15 is 0 Å². The van der Waals surface area contributed by atoms with Crippen LogP contribution in [-0.4, -0.2) is 37.0 Å². The van der Waals surface area contributed by atoms with Crippen LogP contribution in [0.3, 0.4) is 0 Å². The molecule has 0 aromatic heterocycles. The van der Waals surface area contributed by atoms with Crippen LogP contribution < -0.4 is 10.6 Å². The third kappa shape index (κ3) is 2.92. The van der Waals surface area contributed by atoms with Crippen molar-refractivity contribution in [3.63, 3.8) is 0 Å². The van der Waals surface area contributed by atoms with Gasteiger partial charge in [0, 0.05) is 26.3 Å². The number of nitrogens with two attached hydrogens (primary N) is 1. The van der Waals surface area contributed by atoms with E-state index in [4.69, 9.17) is 5.73 Å². The van der Waals surface area contributed by atoms with Crippen LogP contribution in [-0.2, 0) is 0 Å². The smallest absolute Gasteiger partial charge is 0.106 e. The SMILES string of the molecule is CN(C)c1cccc(C(O)C(O)CN)c1. The number of hydrogen-bond donors (Lipinski definition) is 3. The first kappa shape index (κ1) is 12.0. The van der Waals surface area contributed by atoms with Gasteiger partial charge in [-0.15, -0.1) is 0 Å². The maximum atomic E-state index is 9.75. The summed E-state index contributed by atoms with van der Waals surface area (Å²) in [6.07, 6.45) is -1.84. The predicted octanol–water partition coefficient (Wildman–Crippen LogP) is 0.106. The van der Waals surface area contributed by atoms with Crippen molar-refractivity contribution in [1.29, 1.82) is 0 Å². The molecule has 0 heterocycles. The first-order valence-electron chi connectivity index (χ1n) is 4.89. The molecule has 1 aromatic rings. The minimum Gasteiger partial charge on any atom is -0.389 e. The first-order chi connectivity index (χ1) is 7.06. The summed E-state index contributed by atoms with van der Waals surface area (Å²) < 4.78 is 0. The lowest BCUT2D eigenvalue weighted by Gasteiger charge is -2.19. The molecule has 0 spiro atoms. The molecule has 0 aliphatic heterocycles. The number of aliphatic hydroxyl groups is 2. The molecule has 1 rings (SSSR count). The molecule has 1 aromatic carbocycles. The van der Waals surface area contributed by atoms with Crippen molar-refractivity contribution < 1.29 is 10.2 Å². The molecule has 2 unspecified atom stereocenters. The lowest BCUT2D eigenvalue weighted by molar-refractivity contribution is 0.0244. The summed E-state index contributed by atoms with van der Waals surface area (Å²) in [7, 11) is 3.84. The van der Waals surface area contributed by atoms with E-state index < -0.39 is 12.2 Å². The summed E-state index contributed by atoms with van der Waals surface area (Å²) in [5, 5.41) is 19.2. The molecule has 0 fully saturated rings. The van der Waals surface area contributed by atoms with E-state index in [0.717, 1.165) is 5.69 Å². The van der Waals surface area contributed by atoms with Gasteiger partial charge >= 0.3 is 0 Å². The summed E-state index contributed by atoms with van der Waals surface area (Å²) in [4.78, 5) is 1.94. The van der Waals surface area contributed by atoms with Gasteiger partial charge in [0.25, 0.3) is 0 Å². The lowest BCUT2D eigenvalue weighted by Crippen LogP contribution is -2.27. The lowest BCUT2D eigenvalue weighted by atomic mass is 10.0. The molecule has 0 aliphatic rings. The second-order valence-corrected chi connectivity index (χ2v) is 3.74. The van der Waals surface area contributed by atoms with E-state index in [-0.39, 0.29) is 6.54 Å². The van der Waals surface area contributed by atoms with Crippen LogP contribution in [0.4, 0.5) is 5.69 Å². The van der Waals surface area contributed by atoms with Crippen LogP contribution in [0.25, 0.3) is 0 Å². The highest BCUT2D eigenvalue weighted by molar-refractivity contribution is 5.47. The summed E-state index contributed by atoms with van der Waals surface area (Å²) in [6.45, 7) is 0.0490. The Labute approximate surface area is 89.9 Å². The molecule has 0 saturated heterocycles. The van der Waals surface area contributed by atoms with E-state index in [1.54, 1.807) is 6.07 Å². The summed E-state index contributed by atoms with van der Waals surface area (Å²) in [5.74, 6) is 0. The minimum atomic E-state index is -0.921. The largest absolute Gasteiger partial charge is 0.389 e. The van der Waals surface area contributed by atoms with Gasteiger partial charge in [-0.3, -0.25) is 0 Å². The average Bonchev–Trinajstić information content (AvgIpc) is 2.27. The number of nitrogens with zero attached hydrogens (tertiary/aromatic N) is 1. The van der Waals surface area contributed by atoms with Crippen molar-refractivity contribution in [2.75, 3.05) is 25.5 Å². The number of hydrogen-bond acceptors (Lipinski definition) is 4. The highest BCUT2D eigenvalue weighted by Crippen LogP contribution is 2.21. The van der Waals surface area contributed by atoms with Gasteiger partial charge in [-0.05, 0) is 17.7 Å². The van der Waals surface area contributed by atoms with Gasteiger partial charge in [0.2, 0.25) is 0 Å². The highest BCUT2D eigenvalue weighted by atomic mass is 16.3. The van der Waals surface area contributed by atoms with Crippen LogP contribution in [0.5, 0.6) is 0 Å². The van der Waals surface area contributed by atoms with Gasteiger partial charge in [-0.1, -0.05) is 12.1 Å². The molecule has 84 valence electrons. The van der Waals surface area contributed by atoms with Crippen LogP contribution in [0.15, 0.2) is 24.3 Å². The van der Waals surface area contributed by atoms with Crippen LogP contribution in [0, 0.1) is 0 Å². The fourth-order valence-corrected chi connectivity index (χ4v) is 1.34. The van der Waals surface area contributed by atoms with Crippen molar-refractivity contribution in [3.8, 4) is 0 Å². The molecule has 4 heteroatoms. The molecule has 4 N–H and O–H groups in total. The molecule has 0 amide bonds. The zero-order chi connectivity index (χ0) is 11.4. The third-order valence-corrected chi connectivity index (χ3v) is 2.33. The Bertz CT molecular complexity index is 315. The number of rotatable bonds is 4. The Morgan fingerprint density at radius 3 is 2.53 bits per heavy atom. The Hall–Kier alpha value is -1.10. The van der Waals surface area contributed by atoms with Crippen LogP contribution in [0.1, 0.15) is 11.7 Å². The molecule has 0 radical (unpaired) electrons. The van der Waals surface area contributed by atoms with E-state index in [9.17, 15) is 10.2 Å². The Morgan fingerprint density at radius 1 is 1.33 bits per heavy atom. The summed E-state index contributed by atoms with van der Waals surface area (Å²) in [5.41, 5.74) is 6.95. The van der Waals surface area contributed by atoms with E-state index in [1.807, 2.05) is 37.2 Å². The molecule has 2 atom stereocenters. The zero-order valence-electron chi connectivity index (χ0n) is 9.09. The van der Waals surface area contributed by atoms with Gasteiger partial charge in [0.15, 0.2) is 0 Å². The van der Waals surface area contributed by atoms with Crippen LogP contribution >= 0.6 is 0 Å². The fourth-order valence-electron chi connectivity index (χ4n) is 1.34. The Kier molecular flexibility index (Phi) is 4.08. The maximum absolute atomic E-state index is 9.75. The fraction of sp³-hybridized carbons (Fsp3) is 0.455. The molecule has 0 saturated carbocycles. The van der Waals surface area contributed by atoms with Gasteiger partial charge in [0.05, 0.1) is 6.10 Å². The third-order valence-electron chi connectivity index (χ3n) is 2.33. The topological polar surface area (TPSA) is 69.7 Å². The number of aliphatic hydroxyl groups excluding tert-OH is 2. The predicted molar refractivity (Wildman–Crippen MR) is 60.8 cm³/mol. The van der Waals surface area contributed by atoms with Crippen molar-refractivity contribution in [1.82, 2.24) is 0 Å². The van der Waals surface area contributed by atoms with E-state index in [1.165, 1.54) is 0 Å². The summed E-state index contributed by atoms with van der Waals surface area (Å²) >= 11 is 0. The number of benzene rings is 1. The van der Waals surface area contributed by atoms with Gasteiger partial charge in [-0.25, -0.2) is 0 Å². The zero-order valence-corrected chi connectivity index (χ0v) is 9.09. The molecule has 15 heavy (non-hydrogen) atoms. The normalized spacial score (nSPS) is 14.7. The standard InChI is InChI=1S/C11H18N2O2/c1-13(2)9-5-3-4-8(6-9)11(15)10(14)7-12/h3-6,10-11,14-15H,7,12H2,1-2H3. The van der Waals surface area contributed by atoms with Crippen LogP contribution in [0.2, 0.25) is 0 Å². The molecular formula is C11H18N2O2. The quantitative estimate of drug-likeness (QED) is 0.659. The number of anilines is 1. The van der Waals surface area contributed by atoms with Gasteiger partial charge in [-0.2, -0.15) is 0 Å². The monoisotopic (exact) mass is 210 g/mol. The molecular weight excluding hydrogens is 192 g/mol. The van der Waals surface area contributed by atoms with Crippen molar-refractivity contribution >= 4 is 5.69 Å². The Balaban J connectivity index is 2.90. The summed E-state index contributed by atoms with van der Waals surface area (Å²) in [6, 6.07) is 7.39. The van der Waals surface area contributed by atoms with Crippen molar-refractivity contribution in [2.24, 2.45) is 5.73 Å². The molecule has 0 aliphatic carbocycles.